The predicted octanol–water partition coefficient (Wildman–Crippen LogP) is 1.25. The smallest absolute Gasteiger partial charge is 0.192 e. The maximum absolute atomic E-state index is 5.20. The Balaban J connectivity index is 4.13. The van der Waals surface area contributed by atoms with Crippen LogP contribution in [0.25, 0.3) is 0 Å². The van der Waals surface area contributed by atoms with Crippen LogP contribution in [0, 0.1) is 0 Å². The lowest BCUT2D eigenvalue weighted by Crippen LogP contribution is -1.91. The first kappa shape index (κ1) is 7.03. The number of nitrogens with zero attached hydrogens (tertiary/aromatic N) is 1. The van der Waals surface area contributed by atoms with Crippen molar-refractivity contribution in [2.45, 2.75) is 0 Å². The van der Waals surface area contributed by atoms with Gasteiger partial charge in [-0.15, -0.1) is 0 Å². The van der Waals surface area contributed by atoms with E-state index in [4.69, 9.17) is 23.2 Å². The molecular formula is C4H6Cl2N+. The molecule has 0 aliphatic heterocycles. The monoisotopic (exact) mass is 138 g/mol. The number of halogens is 2. The Morgan fingerprint density at radius 1 is 1.43 bits per heavy atom. The van der Waals surface area contributed by atoms with Crippen molar-refractivity contribution >= 4 is 29.1 Å². The molecule has 0 aromatic rings. The standard InChI is InChI=1S/C4H6Cl2N/c1-7(2)3-4(5)6/h1-2H3/q+1. The molecule has 0 saturated heterocycles. The van der Waals surface area contributed by atoms with Crippen molar-refractivity contribution in [3.63, 3.8) is 0 Å². The van der Waals surface area contributed by atoms with Gasteiger partial charge in [-0.2, -0.15) is 4.58 Å². The SMILES string of the molecule is C[N+](C)=C=C(Cl)Cl. The third kappa shape index (κ3) is 6.03. The van der Waals surface area contributed by atoms with Crippen LogP contribution in [0.15, 0.2) is 4.49 Å². The average Bonchev–Trinajstić information content (AvgIpc) is 1.27. The van der Waals surface area contributed by atoms with E-state index in [-0.39, 0.29) is 4.49 Å². The van der Waals surface area contributed by atoms with Gasteiger partial charge in [0, 0.05) is 0 Å². The summed E-state index contributed by atoms with van der Waals surface area (Å²) in [5, 5.41) is 0. The topological polar surface area (TPSA) is 3.01 Å². The van der Waals surface area contributed by atoms with Crippen LogP contribution in [-0.4, -0.2) is 24.5 Å². The summed E-state index contributed by atoms with van der Waals surface area (Å²) in [5.41, 5.74) is 0. The molecule has 0 N–H and O–H groups in total. The summed E-state index contributed by atoms with van der Waals surface area (Å²) in [6.07, 6.45) is 0. The highest BCUT2D eigenvalue weighted by Gasteiger charge is 1.81. The Morgan fingerprint density at radius 2 is 1.86 bits per heavy atom. The summed E-state index contributed by atoms with van der Waals surface area (Å²) < 4.78 is 1.81. The zero-order valence-corrected chi connectivity index (χ0v) is 5.72. The van der Waals surface area contributed by atoms with E-state index in [9.17, 15) is 0 Å². The average molecular weight is 139 g/mol. The van der Waals surface area contributed by atoms with E-state index in [1.165, 1.54) is 0 Å². The summed E-state index contributed by atoms with van der Waals surface area (Å²) in [5.74, 6) is 2.59. The quantitative estimate of drug-likeness (QED) is 0.351. The maximum atomic E-state index is 5.20. The van der Waals surface area contributed by atoms with Crippen LogP contribution < -0.4 is 0 Å². The molecule has 0 spiro atoms. The molecule has 0 heterocycles. The predicted molar refractivity (Wildman–Crippen MR) is 32.3 cm³/mol. The van der Waals surface area contributed by atoms with Crippen molar-refractivity contribution in [1.29, 1.82) is 0 Å². The second kappa shape index (κ2) is 3.09. The molecule has 0 aromatic heterocycles. The lowest BCUT2D eigenvalue weighted by molar-refractivity contribution is -0.456. The first-order valence-electron chi connectivity index (χ1n) is 1.75. The largest absolute Gasteiger partial charge is 0.214 e. The zero-order chi connectivity index (χ0) is 5.86. The van der Waals surface area contributed by atoms with Crippen molar-refractivity contribution < 1.29 is 4.58 Å². The third-order valence-electron chi connectivity index (χ3n) is 0.308. The van der Waals surface area contributed by atoms with Crippen LogP contribution in [0.2, 0.25) is 0 Å². The fourth-order valence-corrected chi connectivity index (χ4v) is 0.507. The summed E-state index contributed by atoms with van der Waals surface area (Å²) in [6.45, 7) is 0. The van der Waals surface area contributed by atoms with Gasteiger partial charge in [-0.25, -0.2) is 0 Å². The molecule has 0 fully saturated rings. The van der Waals surface area contributed by atoms with Crippen LogP contribution in [0.3, 0.4) is 0 Å². The molecule has 0 atom stereocenters. The highest BCUT2D eigenvalue weighted by Crippen LogP contribution is 1.98. The van der Waals surface area contributed by atoms with Crippen molar-refractivity contribution in [2.75, 3.05) is 14.1 Å². The normalized spacial score (nSPS) is 7.43. The molecule has 0 rings (SSSR count). The molecule has 7 heavy (non-hydrogen) atoms. The molecule has 40 valence electrons. The number of hydrogen-bond acceptors (Lipinski definition) is 0. The number of hydrogen-bond donors (Lipinski definition) is 0. The second-order valence-corrected chi connectivity index (χ2v) is 2.22. The van der Waals surface area contributed by atoms with E-state index in [2.05, 4.69) is 5.87 Å². The minimum atomic E-state index is 0.157. The maximum Gasteiger partial charge on any atom is 0.214 e. The van der Waals surface area contributed by atoms with E-state index >= 15 is 0 Å². The Kier molecular flexibility index (Phi) is 3.10. The van der Waals surface area contributed by atoms with Gasteiger partial charge in [-0.1, -0.05) is 23.2 Å². The molecule has 0 radical (unpaired) electrons. The van der Waals surface area contributed by atoms with Gasteiger partial charge >= 0.3 is 0 Å². The fraction of sp³-hybridized carbons (Fsp3) is 0.500. The van der Waals surface area contributed by atoms with Gasteiger partial charge in [0.15, 0.2) is 5.87 Å². The molecule has 0 aliphatic carbocycles. The third-order valence-corrected chi connectivity index (χ3v) is 0.477. The molecule has 3 heteroatoms. The van der Waals surface area contributed by atoms with Crippen molar-refractivity contribution in [3.8, 4) is 0 Å². The lowest BCUT2D eigenvalue weighted by Gasteiger charge is -1.70. The van der Waals surface area contributed by atoms with Gasteiger partial charge in [0.25, 0.3) is 0 Å². The Hall–Kier alpha value is 0.0300. The molecule has 0 aromatic carbocycles. The molecule has 0 unspecified atom stereocenters. The number of rotatable bonds is 0. The first-order chi connectivity index (χ1) is 3.13. The van der Waals surface area contributed by atoms with E-state index in [0.29, 0.717) is 0 Å². The zero-order valence-electron chi connectivity index (χ0n) is 4.20. The Labute approximate surface area is 52.9 Å². The molecular weight excluding hydrogens is 133 g/mol. The minimum absolute atomic E-state index is 0.157. The first-order valence-corrected chi connectivity index (χ1v) is 2.50. The highest BCUT2D eigenvalue weighted by molar-refractivity contribution is 6.59. The Bertz CT molecular complexity index is 102. The second-order valence-electron chi connectivity index (χ2n) is 1.27. The lowest BCUT2D eigenvalue weighted by atomic mass is 11.0. The van der Waals surface area contributed by atoms with Gasteiger partial charge in [-0.05, 0) is 0 Å². The summed E-state index contributed by atoms with van der Waals surface area (Å²) in [4.78, 5) is 0. The van der Waals surface area contributed by atoms with E-state index in [0.717, 1.165) is 0 Å². The van der Waals surface area contributed by atoms with Crippen LogP contribution in [0.5, 0.6) is 0 Å². The Morgan fingerprint density at radius 3 is 1.86 bits per heavy atom. The van der Waals surface area contributed by atoms with E-state index < -0.39 is 0 Å². The molecule has 0 saturated carbocycles. The fourth-order valence-electron chi connectivity index (χ4n) is 0.169. The molecule has 0 amide bonds. The minimum Gasteiger partial charge on any atom is -0.192 e. The molecule has 0 aliphatic rings. The van der Waals surface area contributed by atoms with E-state index in [1.807, 2.05) is 0 Å². The van der Waals surface area contributed by atoms with Crippen LogP contribution in [-0.2, 0) is 0 Å². The molecule has 1 nitrogen and oxygen atoms in total. The highest BCUT2D eigenvalue weighted by atomic mass is 35.5. The van der Waals surface area contributed by atoms with Crippen LogP contribution >= 0.6 is 23.2 Å². The van der Waals surface area contributed by atoms with Crippen LogP contribution in [0.1, 0.15) is 0 Å². The van der Waals surface area contributed by atoms with Gasteiger partial charge in [-0.3, -0.25) is 0 Å². The van der Waals surface area contributed by atoms with Crippen molar-refractivity contribution in [1.82, 2.24) is 0 Å². The van der Waals surface area contributed by atoms with Gasteiger partial charge in [0.05, 0.1) is 0 Å². The van der Waals surface area contributed by atoms with E-state index in [1.54, 1.807) is 18.7 Å². The summed E-state index contributed by atoms with van der Waals surface area (Å²) in [7, 11) is 3.59. The van der Waals surface area contributed by atoms with Gasteiger partial charge < -0.3 is 0 Å². The molecule has 0 bridgehead atoms. The van der Waals surface area contributed by atoms with Gasteiger partial charge in [0.1, 0.15) is 14.1 Å². The summed E-state index contributed by atoms with van der Waals surface area (Å²) >= 11 is 10.4. The van der Waals surface area contributed by atoms with Gasteiger partial charge in [0.2, 0.25) is 4.49 Å². The van der Waals surface area contributed by atoms with Crippen LogP contribution in [0.4, 0.5) is 0 Å². The van der Waals surface area contributed by atoms with Crippen molar-refractivity contribution in [2.24, 2.45) is 0 Å². The van der Waals surface area contributed by atoms with Crippen molar-refractivity contribution in [3.05, 3.63) is 4.49 Å². The summed E-state index contributed by atoms with van der Waals surface area (Å²) in [6, 6.07) is 0.